The van der Waals surface area contributed by atoms with E-state index in [2.05, 4.69) is 17.6 Å². The zero-order valence-corrected chi connectivity index (χ0v) is 13.7. The van der Waals surface area contributed by atoms with Gasteiger partial charge in [0.1, 0.15) is 0 Å². The van der Waals surface area contributed by atoms with Crippen molar-refractivity contribution in [2.24, 2.45) is 0 Å². The molecule has 0 saturated carbocycles. The van der Waals surface area contributed by atoms with Crippen molar-refractivity contribution in [2.45, 2.75) is 26.8 Å². The van der Waals surface area contributed by atoms with E-state index < -0.39 is 0 Å². The second kappa shape index (κ2) is 7.97. The fraction of sp³-hybridized carbons (Fsp3) is 0.278. The highest BCUT2D eigenvalue weighted by atomic mass is 35.5. The molecule has 2 N–H and O–H groups in total. The molecule has 4 heteroatoms. The fourth-order valence-electron chi connectivity index (χ4n) is 2.35. The zero-order valence-electron chi connectivity index (χ0n) is 12.9. The van der Waals surface area contributed by atoms with Gasteiger partial charge in [-0.2, -0.15) is 0 Å². The minimum absolute atomic E-state index is 0.0361. The van der Waals surface area contributed by atoms with Crippen LogP contribution in [0.5, 0.6) is 0 Å². The van der Waals surface area contributed by atoms with E-state index in [1.165, 1.54) is 0 Å². The van der Waals surface area contributed by atoms with Crippen molar-refractivity contribution in [3.05, 3.63) is 64.2 Å². The van der Waals surface area contributed by atoms with Crippen molar-refractivity contribution >= 4 is 23.2 Å². The molecule has 0 radical (unpaired) electrons. The van der Waals surface area contributed by atoms with Gasteiger partial charge < -0.3 is 10.6 Å². The maximum atomic E-state index is 12.1. The molecular formula is C18H21ClN2O. The van der Waals surface area contributed by atoms with Crippen LogP contribution < -0.4 is 10.6 Å². The highest BCUT2D eigenvalue weighted by molar-refractivity contribution is 6.30. The van der Waals surface area contributed by atoms with E-state index in [0.29, 0.717) is 11.6 Å². The molecule has 2 aromatic rings. The Kier molecular flexibility index (Phi) is 5.99. The number of hydrogen-bond donors (Lipinski definition) is 2. The van der Waals surface area contributed by atoms with Crippen LogP contribution in [0.4, 0.5) is 5.69 Å². The van der Waals surface area contributed by atoms with Crippen LogP contribution in [-0.2, 0) is 17.8 Å². The molecule has 0 heterocycles. The molecule has 0 bridgehead atoms. The molecule has 2 rings (SSSR count). The zero-order chi connectivity index (χ0) is 15.9. The van der Waals surface area contributed by atoms with Crippen molar-refractivity contribution in [2.75, 3.05) is 11.9 Å². The lowest BCUT2D eigenvalue weighted by atomic mass is 10.1. The van der Waals surface area contributed by atoms with Gasteiger partial charge in [0.15, 0.2) is 0 Å². The van der Waals surface area contributed by atoms with Gasteiger partial charge in [0, 0.05) is 17.3 Å². The van der Waals surface area contributed by atoms with Crippen LogP contribution in [0.1, 0.15) is 23.6 Å². The number of hydrogen-bond acceptors (Lipinski definition) is 2. The smallest absolute Gasteiger partial charge is 0.238 e. The van der Waals surface area contributed by atoms with Gasteiger partial charge in [0.05, 0.1) is 6.54 Å². The van der Waals surface area contributed by atoms with Gasteiger partial charge in [-0.1, -0.05) is 48.9 Å². The number of aryl methyl sites for hydroxylation is 2. The van der Waals surface area contributed by atoms with E-state index in [1.807, 2.05) is 49.4 Å². The molecule has 0 aromatic heterocycles. The molecule has 2 aromatic carbocycles. The Bertz CT molecular complexity index is 655. The summed E-state index contributed by atoms with van der Waals surface area (Å²) >= 11 is 5.94. The second-order valence-corrected chi connectivity index (χ2v) is 5.68. The molecule has 0 aliphatic heterocycles. The first-order valence-corrected chi connectivity index (χ1v) is 7.81. The molecule has 22 heavy (non-hydrogen) atoms. The topological polar surface area (TPSA) is 41.1 Å². The average Bonchev–Trinajstić information content (AvgIpc) is 2.49. The number of rotatable bonds is 6. The van der Waals surface area contributed by atoms with Crippen molar-refractivity contribution in [3.63, 3.8) is 0 Å². The third-order valence-corrected chi connectivity index (χ3v) is 3.74. The van der Waals surface area contributed by atoms with Crippen LogP contribution in [0.25, 0.3) is 0 Å². The predicted molar refractivity (Wildman–Crippen MR) is 92.3 cm³/mol. The summed E-state index contributed by atoms with van der Waals surface area (Å²) in [5.74, 6) is -0.0361. The number of carbonyl (C=O) groups is 1. The number of amides is 1. The third-order valence-electron chi connectivity index (χ3n) is 3.51. The lowest BCUT2D eigenvalue weighted by Gasteiger charge is -2.13. The van der Waals surface area contributed by atoms with Gasteiger partial charge in [-0.15, -0.1) is 0 Å². The monoisotopic (exact) mass is 316 g/mol. The van der Waals surface area contributed by atoms with E-state index in [9.17, 15) is 4.79 Å². The van der Waals surface area contributed by atoms with Gasteiger partial charge in [0.2, 0.25) is 5.91 Å². The van der Waals surface area contributed by atoms with Gasteiger partial charge in [-0.25, -0.2) is 0 Å². The van der Waals surface area contributed by atoms with E-state index >= 15 is 0 Å². The normalized spacial score (nSPS) is 10.5. The summed E-state index contributed by atoms with van der Waals surface area (Å²) in [6, 6.07) is 13.7. The molecule has 0 aliphatic rings. The van der Waals surface area contributed by atoms with Crippen molar-refractivity contribution in [3.8, 4) is 0 Å². The average molecular weight is 317 g/mol. The summed E-state index contributed by atoms with van der Waals surface area (Å²) in [5, 5.41) is 6.84. The fourth-order valence-corrected chi connectivity index (χ4v) is 2.57. The summed E-state index contributed by atoms with van der Waals surface area (Å²) in [6.07, 6.45) is 0.896. The number of halogens is 1. The van der Waals surface area contributed by atoms with E-state index in [0.717, 1.165) is 28.8 Å². The molecule has 0 aliphatic carbocycles. The lowest BCUT2D eigenvalue weighted by molar-refractivity contribution is -0.115. The lowest BCUT2D eigenvalue weighted by Crippen LogP contribution is -2.28. The Labute approximate surface area is 136 Å². The van der Waals surface area contributed by atoms with Crippen LogP contribution in [-0.4, -0.2) is 12.5 Å². The molecule has 116 valence electrons. The molecule has 0 atom stereocenters. The van der Waals surface area contributed by atoms with Crippen molar-refractivity contribution in [1.82, 2.24) is 5.32 Å². The largest absolute Gasteiger partial charge is 0.324 e. The molecule has 0 spiro atoms. The first-order chi connectivity index (χ1) is 10.6. The number of benzene rings is 2. The van der Waals surface area contributed by atoms with Crippen LogP contribution in [0.2, 0.25) is 5.02 Å². The van der Waals surface area contributed by atoms with Crippen LogP contribution in [0.3, 0.4) is 0 Å². The number of carbonyl (C=O) groups excluding carboxylic acids is 1. The summed E-state index contributed by atoms with van der Waals surface area (Å²) in [7, 11) is 0. The Morgan fingerprint density at radius 2 is 1.95 bits per heavy atom. The second-order valence-electron chi connectivity index (χ2n) is 5.24. The number of para-hydroxylation sites is 1. The van der Waals surface area contributed by atoms with Crippen LogP contribution in [0.15, 0.2) is 42.5 Å². The first kappa shape index (κ1) is 16.5. The minimum Gasteiger partial charge on any atom is -0.324 e. The molecule has 3 nitrogen and oxygen atoms in total. The SMILES string of the molecule is CCc1cccc(C)c1NC(=O)CNCc1cccc(Cl)c1. The van der Waals surface area contributed by atoms with Crippen molar-refractivity contribution in [1.29, 1.82) is 0 Å². The quantitative estimate of drug-likeness (QED) is 0.847. The summed E-state index contributed by atoms with van der Waals surface area (Å²) in [4.78, 5) is 12.1. The van der Waals surface area contributed by atoms with E-state index in [4.69, 9.17) is 11.6 Å². The first-order valence-electron chi connectivity index (χ1n) is 7.43. The number of anilines is 1. The Morgan fingerprint density at radius 1 is 1.18 bits per heavy atom. The Balaban J connectivity index is 1.89. The molecule has 0 unspecified atom stereocenters. The standard InChI is InChI=1S/C18H21ClN2O/c1-3-15-8-4-6-13(2)18(15)21-17(22)12-20-11-14-7-5-9-16(19)10-14/h4-10,20H,3,11-12H2,1-2H3,(H,21,22). The van der Waals surface area contributed by atoms with Gasteiger partial charge in [0.25, 0.3) is 0 Å². The minimum atomic E-state index is -0.0361. The highest BCUT2D eigenvalue weighted by Crippen LogP contribution is 2.20. The van der Waals surface area contributed by atoms with Crippen LogP contribution >= 0.6 is 11.6 Å². The van der Waals surface area contributed by atoms with Gasteiger partial charge in [-0.3, -0.25) is 4.79 Å². The highest BCUT2D eigenvalue weighted by Gasteiger charge is 2.08. The van der Waals surface area contributed by atoms with Gasteiger partial charge >= 0.3 is 0 Å². The van der Waals surface area contributed by atoms with E-state index in [1.54, 1.807) is 0 Å². The number of nitrogens with one attached hydrogen (secondary N) is 2. The maximum Gasteiger partial charge on any atom is 0.238 e. The molecule has 1 amide bonds. The summed E-state index contributed by atoms with van der Waals surface area (Å²) in [5.41, 5.74) is 4.23. The van der Waals surface area contributed by atoms with Crippen molar-refractivity contribution < 1.29 is 4.79 Å². The molecule has 0 fully saturated rings. The van der Waals surface area contributed by atoms with Crippen LogP contribution in [0, 0.1) is 6.92 Å². The predicted octanol–water partition coefficient (Wildman–Crippen LogP) is 3.94. The van der Waals surface area contributed by atoms with E-state index in [-0.39, 0.29) is 12.5 Å². The Morgan fingerprint density at radius 3 is 2.68 bits per heavy atom. The summed E-state index contributed by atoms with van der Waals surface area (Å²) < 4.78 is 0. The third kappa shape index (κ3) is 4.58. The Hall–Kier alpha value is -1.84. The van der Waals surface area contributed by atoms with Gasteiger partial charge in [-0.05, 0) is 42.2 Å². The summed E-state index contributed by atoms with van der Waals surface area (Å²) in [6.45, 7) is 4.97. The molecular weight excluding hydrogens is 296 g/mol. The molecule has 0 saturated heterocycles. The maximum absolute atomic E-state index is 12.1.